The number of nitrogens with zero attached hydrogens (tertiary/aromatic N) is 2. The second-order valence-electron chi connectivity index (χ2n) is 5.81. The van der Waals surface area contributed by atoms with Gasteiger partial charge in [0.1, 0.15) is 6.17 Å². The molecule has 2 atom stereocenters. The van der Waals surface area contributed by atoms with Crippen molar-refractivity contribution in [1.29, 1.82) is 0 Å². The number of carbonyl (C=O) groups excluding carboxylic acids is 1. The summed E-state index contributed by atoms with van der Waals surface area (Å²) >= 11 is 0. The summed E-state index contributed by atoms with van der Waals surface area (Å²) in [7, 11) is 3.53. The van der Waals surface area contributed by atoms with E-state index >= 15 is 0 Å². The molecule has 2 heterocycles. The molecule has 22 heavy (non-hydrogen) atoms. The molecule has 0 N–H and O–H groups in total. The lowest BCUT2D eigenvalue weighted by Crippen LogP contribution is -2.58. The molecule has 0 aromatic heterocycles. The molecular weight excluding hydrogens is 280 g/mol. The van der Waals surface area contributed by atoms with Gasteiger partial charge in [0.15, 0.2) is 0 Å². The van der Waals surface area contributed by atoms with Gasteiger partial charge in [0.25, 0.3) is 0 Å². The van der Waals surface area contributed by atoms with Crippen LogP contribution in [0.5, 0.6) is 0 Å². The van der Waals surface area contributed by atoms with Crippen molar-refractivity contribution in [3.63, 3.8) is 0 Å². The van der Waals surface area contributed by atoms with Crippen LogP contribution in [0.1, 0.15) is 12.0 Å². The highest BCUT2D eigenvalue weighted by Gasteiger charge is 2.39. The summed E-state index contributed by atoms with van der Waals surface area (Å²) in [4.78, 5) is 16.4. The molecule has 1 fully saturated rings. The number of ether oxygens (including phenoxy) is 2. The average molecular weight is 302 g/mol. The van der Waals surface area contributed by atoms with Crippen LogP contribution in [0.4, 0.5) is 0 Å². The molecule has 0 aliphatic carbocycles. The first kappa shape index (κ1) is 15.1. The Balaban J connectivity index is 1.88. The number of hydrogen-bond donors (Lipinski definition) is 0. The smallest absolute Gasteiger partial charge is 0.335 e. The van der Waals surface area contributed by atoms with Crippen LogP contribution in [0.3, 0.4) is 0 Å². The molecule has 0 spiro atoms. The van der Waals surface area contributed by atoms with Crippen molar-refractivity contribution in [2.24, 2.45) is 0 Å². The molecule has 0 saturated carbocycles. The van der Waals surface area contributed by atoms with E-state index in [-0.39, 0.29) is 18.2 Å². The van der Waals surface area contributed by atoms with Gasteiger partial charge in [0, 0.05) is 25.7 Å². The molecule has 3 rings (SSSR count). The predicted molar refractivity (Wildman–Crippen MR) is 82.9 cm³/mol. The van der Waals surface area contributed by atoms with Gasteiger partial charge in [-0.05, 0) is 12.6 Å². The summed E-state index contributed by atoms with van der Waals surface area (Å²) in [6.07, 6.45) is 2.70. The van der Waals surface area contributed by atoms with Crippen LogP contribution in [-0.2, 0) is 20.8 Å². The molecule has 5 nitrogen and oxygen atoms in total. The van der Waals surface area contributed by atoms with Crippen molar-refractivity contribution in [2.75, 3.05) is 27.3 Å². The molecule has 0 amide bonds. The van der Waals surface area contributed by atoms with E-state index in [4.69, 9.17) is 9.47 Å². The number of carbonyl (C=O) groups is 1. The molecule has 0 bridgehead atoms. The number of esters is 1. The van der Waals surface area contributed by atoms with Crippen LogP contribution in [0.2, 0.25) is 0 Å². The molecule has 0 radical (unpaired) electrons. The highest BCUT2D eigenvalue weighted by Crippen LogP contribution is 2.29. The van der Waals surface area contributed by atoms with E-state index in [1.54, 1.807) is 0 Å². The van der Waals surface area contributed by atoms with E-state index in [2.05, 4.69) is 29.0 Å². The number of hydrogen-bond acceptors (Lipinski definition) is 5. The van der Waals surface area contributed by atoms with Crippen LogP contribution in [-0.4, -0.2) is 55.3 Å². The Labute approximate surface area is 131 Å². The maximum Gasteiger partial charge on any atom is 0.335 e. The fourth-order valence-electron chi connectivity index (χ4n) is 3.23. The Kier molecular flexibility index (Phi) is 4.45. The number of likely N-dealkylation sites (N-methyl/N-ethyl adjacent to an activating group) is 1. The predicted octanol–water partition coefficient (Wildman–Crippen LogP) is 1.61. The largest absolute Gasteiger partial charge is 0.466 e. The Morgan fingerprint density at radius 2 is 2.14 bits per heavy atom. The van der Waals surface area contributed by atoms with Crippen LogP contribution in [0.15, 0.2) is 42.1 Å². The maximum atomic E-state index is 11.9. The third-order valence-corrected chi connectivity index (χ3v) is 4.30. The van der Waals surface area contributed by atoms with E-state index in [1.807, 2.05) is 24.4 Å². The third-order valence-electron chi connectivity index (χ3n) is 4.30. The standard InChI is InChI=1S/C17H22N2O3/c1-18-8-9-22-15-10-14(17(20)21-2)12-19(16(15)18)11-13-6-4-3-5-7-13/h3-7,12,15-16H,8-11H2,1-2H3/t15-,16+/m1/s1. The molecule has 2 aliphatic heterocycles. The minimum absolute atomic E-state index is 0.00145. The van der Waals surface area contributed by atoms with Gasteiger partial charge in [0.05, 0.1) is 25.4 Å². The quantitative estimate of drug-likeness (QED) is 0.794. The summed E-state index contributed by atoms with van der Waals surface area (Å²) in [6, 6.07) is 10.3. The van der Waals surface area contributed by atoms with Gasteiger partial charge in [0.2, 0.25) is 0 Å². The molecule has 5 heteroatoms. The van der Waals surface area contributed by atoms with Gasteiger partial charge in [-0.3, -0.25) is 4.90 Å². The topological polar surface area (TPSA) is 42.0 Å². The third kappa shape index (κ3) is 3.00. The summed E-state index contributed by atoms with van der Waals surface area (Å²) in [5.41, 5.74) is 1.89. The van der Waals surface area contributed by atoms with Gasteiger partial charge in [-0.25, -0.2) is 4.79 Å². The number of benzene rings is 1. The van der Waals surface area contributed by atoms with E-state index in [0.717, 1.165) is 13.1 Å². The first-order valence-corrected chi connectivity index (χ1v) is 7.59. The van der Waals surface area contributed by atoms with Gasteiger partial charge in [-0.2, -0.15) is 0 Å². The van der Waals surface area contributed by atoms with Gasteiger partial charge < -0.3 is 14.4 Å². The zero-order valence-electron chi connectivity index (χ0n) is 13.1. The molecule has 0 unspecified atom stereocenters. The molecule has 118 valence electrons. The summed E-state index contributed by atoms with van der Waals surface area (Å²) in [6.45, 7) is 2.34. The first-order chi connectivity index (χ1) is 10.7. The Hall–Kier alpha value is -1.85. The summed E-state index contributed by atoms with van der Waals surface area (Å²) in [5.74, 6) is -0.270. The van der Waals surface area contributed by atoms with E-state index in [0.29, 0.717) is 18.6 Å². The number of morpholine rings is 1. The lowest BCUT2D eigenvalue weighted by atomic mass is 9.99. The zero-order valence-corrected chi connectivity index (χ0v) is 13.1. The Bertz CT molecular complexity index is 558. The van der Waals surface area contributed by atoms with Crippen molar-refractivity contribution in [3.05, 3.63) is 47.7 Å². The fourth-order valence-corrected chi connectivity index (χ4v) is 3.23. The SMILES string of the molecule is COC(=O)C1=CN(Cc2ccccc2)[C@H]2[C@@H](C1)OCCN2C. The summed E-state index contributed by atoms with van der Waals surface area (Å²) in [5, 5.41) is 0. The van der Waals surface area contributed by atoms with Gasteiger partial charge >= 0.3 is 5.97 Å². The van der Waals surface area contributed by atoms with Crippen molar-refractivity contribution in [1.82, 2.24) is 9.80 Å². The average Bonchev–Trinajstić information content (AvgIpc) is 2.55. The normalized spacial score (nSPS) is 25.4. The first-order valence-electron chi connectivity index (χ1n) is 7.59. The van der Waals surface area contributed by atoms with Crippen molar-refractivity contribution >= 4 is 5.97 Å². The Morgan fingerprint density at radius 1 is 1.36 bits per heavy atom. The van der Waals surface area contributed by atoms with Crippen molar-refractivity contribution in [3.8, 4) is 0 Å². The van der Waals surface area contributed by atoms with Crippen molar-refractivity contribution in [2.45, 2.75) is 25.2 Å². The second-order valence-corrected chi connectivity index (χ2v) is 5.81. The van der Waals surface area contributed by atoms with Crippen molar-refractivity contribution < 1.29 is 14.3 Å². The number of rotatable bonds is 3. The Morgan fingerprint density at radius 3 is 2.86 bits per heavy atom. The lowest BCUT2D eigenvalue weighted by Gasteiger charge is -2.47. The molecule has 2 aliphatic rings. The highest BCUT2D eigenvalue weighted by molar-refractivity contribution is 5.88. The number of methoxy groups -OCH3 is 1. The van der Waals surface area contributed by atoms with Crippen LogP contribution in [0, 0.1) is 0 Å². The zero-order chi connectivity index (χ0) is 15.5. The van der Waals surface area contributed by atoms with Crippen LogP contribution < -0.4 is 0 Å². The second kappa shape index (κ2) is 6.50. The molecule has 1 saturated heterocycles. The van der Waals surface area contributed by atoms with Crippen LogP contribution >= 0.6 is 0 Å². The molecule has 1 aromatic carbocycles. The summed E-state index contributed by atoms with van der Waals surface area (Å²) < 4.78 is 10.8. The van der Waals surface area contributed by atoms with Gasteiger partial charge in [-0.1, -0.05) is 30.3 Å². The van der Waals surface area contributed by atoms with E-state index in [1.165, 1.54) is 12.7 Å². The van der Waals surface area contributed by atoms with Crippen LogP contribution in [0.25, 0.3) is 0 Å². The highest BCUT2D eigenvalue weighted by atomic mass is 16.5. The monoisotopic (exact) mass is 302 g/mol. The lowest BCUT2D eigenvalue weighted by molar-refractivity contribution is -0.141. The molecule has 1 aromatic rings. The van der Waals surface area contributed by atoms with Gasteiger partial charge in [-0.15, -0.1) is 0 Å². The fraction of sp³-hybridized carbons (Fsp3) is 0.471. The minimum atomic E-state index is -0.270. The minimum Gasteiger partial charge on any atom is -0.466 e. The number of fused-ring (bicyclic) bond motifs is 1. The van der Waals surface area contributed by atoms with E-state index in [9.17, 15) is 4.79 Å². The maximum absolute atomic E-state index is 11.9. The van der Waals surface area contributed by atoms with E-state index < -0.39 is 0 Å². The molecular formula is C17H22N2O3.